The molecule has 2 atom stereocenters. The molecule has 84 valence electrons. The number of nitrogen functional groups attached to an aromatic ring is 1. The minimum absolute atomic E-state index is 0.362. The molecule has 5 heteroatoms. The molecule has 2 unspecified atom stereocenters. The Labute approximate surface area is 98.8 Å². The first-order chi connectivity index (χ1) is 7.06. The number of hydrogen-bond acceptors (Lipinski definition) is 4. The van der Waals surface area contributed by atoms with E-state index in [2.05, 4.69) is 52.0 Å². The Bertz CT molecular complexity index is 329. The van der Waals surface area contributed by atoms with Crippen LogP contribution in [0.15, 0.2) is 10.8 Å². The average molecular weight is 273 g/mol. The van der Waals surface area contributed by atoms with Crippen LogP contribution >= 0.6 is 15.9 Å². The van der Waals surface area contributed by atoms with Gasteiger partial charge in [-0.15, -0.1) is 0 Å². The topological polar surface area (TPSA) is 63.8 Å². The molecule has 0 fully saturated rings. The summed E-state index contributed by atoms with van der Waals surface area (Å²) < 4.78 is 0.736. The second kappa shape index (κ2) is 5.30. The molecular weight excluding hydrogens is 256 g/mol. The van der Waals surface area contributed by atoms with Crippen LogP contribution in [-0.2, 0) is 0 Å². The van der Waals surface area contributed by atoms with E-state index >= 15 is 0 Å². The van der Waals surface area contributed by atoms with Crippen LogP contribution in [0.3, 0.4) is 0 Å². The first-order valence-corrected chi connectivity index (χ1v) is 5.88. The number of hydrogen-bond donors (Lipinski definition) is 2. The zero-order valence-electron chi connectivity index (χ0n) is 9.29. The van der Waals surface area contributed by atoms with Gasteiger partial charge in [0.1, 0.15) is 22.4 Å². The predicted octanol–water partition coefficient (Wildman–Crippen LogP) is 2.67. The fourth-order valence-electron chi connectivity index (χ4n) is 1.20. The summed E-state index contributed by atoms with van der Waals surface area (Å²) in [6, 6.07) is 0.362. The van der Waals surface area contributed by atoms with E-state index in [9.17, 15) is 0 Å². The van der Waals surface area contributed by atoms with Crippen molar-refractivity contribution < 1.29 is 0 Å². The Morgan fingerprint density at radius 3 is 2.73 bits per heavy atom. The van der Waals surface area contributed by atoms with Crippen LogP contribution in [0.4, 0.5) is 11.6 Å². The number of nitrogens with zero attached hydrogens (tertiary/aromatic N) is 2. The number of nitrogens with one attached hydrogen (secondary N) is 1. The SMILES string of the molecule is CCC(C)C(C)Nc1ncnc(N)c1Br. The van der Waals surface area contributed by atoms with E-state index in [0.29, 0.717) is 17.8 Å². The van der Waals surface area contributed by atoms with Crippen molar-refractivity contribution in [3.63, 3.8) is 0 Å². The van der Waals surface area contributed by atoms with Gasteiger partial charge in [0.05, 0.1) is 0 Å². The zero-order valence-corrected chi connectivity index (χ0v) is 10.9. The highest BCUT2D eigenvalue weighted by molar-refractivity contribution is 9.10. The summed E-state index contributed by atoms with van der Waals surface area (Å²) in [6.07, 6.45) is 2.60. The number of anilines is 2. The molecular formula is C10H17BrN4. The molecule has 0 aromatic carbocycles. The molecule has 0 saturated carbocycles. The van der Waals surface area contributed by atoms with E-state index in [4.69, 9.17) is 5.73 Å². The summed E-state index contributed by atoms with van der Waals surface area (Å²) in [6.45, 7) is 6.52. The van der Waals surface area contributed by atoms with Crippen LogP contribution in [-0.4, -0.2) is 16.0 Å². The van der Waals surface area contributed by atoms with Gasteiger partial charge in [0.15, 0.2) is 0 Å². The van der Waals surface area contributed by atoms with E-state index < -0.39 is 0 Å². The monoisotopic (exact) mass is 272 g/mol. The van der Waals surface area contributed by atoms with Gasteiger partial charge in [-0.1, -0.05) is 20.3 Å². The van der Waals surface area contributed by atoms with Crippen LogP contribution in [0.2, 0.25) is 0 Å². The van der Waals surface area contributed by atoms with Gasteiger partial charge >= 0.3 is 0 Å². The van der Waals surface area contributed by atoms with Gasteiger partial charge in [-0.2, -0.15) is 0 Å². The van der Waals surface area contributed by atoms with Gasteiger partial charge in [-0.25, -0.2) is 9.97 Å². The van der Waals surface area contributed by atoms with Crippen molar-refractivity contribution in [3.05, 3.63) is 10.8 Å². The second-order valence-corrected chi connectivity index (χ2v) is 4.53. The van der Waals surface area contributed by atoms with Crippen molar-refractivity contribution in [3.8, 4) is 0 Å². The number of halogens is 1. The summed E-state index contributed by atoms with van der Waals surface area (Å²) in [5, 5.41) is 3.32. The van der Waals surface area contributed by atoms with Crippen molar-refractivity contribution in [2.24, 2.45) is 5.92 Å². The third kappa shape index (κ3) is 3.06. The standard InChI is InChI=1S/C10H17BrN4/c1-4-6(2)7(3)15-10-8(11)9(12)13-5-14-10/h5-7H,4H2,1-3H3,(H3,12,13,14,15). The molecule has 4 nitrogen and oxygen atoms in total. The maximum Gasteiger partial charge on any atom is 0.146 e. The van der Waals surface area contributed by atoms with E-state index in [-0.39, 0.29) is 0 Å². The van der Waals surface area contributed by atoms with Crippen molar-refractivity contribution in [1.29, 1.82) is 0 Å². The minimum atomic E-state index is 0.362. The van der Waals surface area contributed by atoms with Gasteiger partial charge < -0.3 is 11.1 Å². The molecule has 15 heavy (non-hydrogen) atoms. The van der Waals surface area contributed by atoms with Crippen molar-refractivity contribution >= 4 is 27.6 Å². The largest absolute Gasteiger partial charge is 0.383 e. The van der Waals surface area contributed by atoms with Gasteiger partial charge in [0.25, 0.3) is 0 Å². The van der Waals surface area contributed by atoms with Crippen molar-refractivity contribution in [2.75, 3.05) is 11.1 Å². The van der Waals surface area contributed by atoms with Crippen LogP contribution in [0.1, 0.15) is 27.2 Å². The van der Waals surface area contributed by atoms with Crippen molar-refractivity contribution in [2.45, 2.75) is 33.2 Å². The quantitative estimate of drug-likeness (QED) is 0.885. The van der Waals surface area contributed by atoms with E-state index in [0.717, 1.165) is 16.7 Å². The summed E-state index contributed by atoms with van der Waals surface area (Å²) in [5.41, 5.74) is 5.67. The summed E-state index contributed by atoms with van der Waals surface area (Å²) in [4.78, 5) is 8.04. The van der Waals surface area contributed by atoms with Gasteiger partial charge in [-0.3, -0.25) is 0 Å². The predicted molar refractivity (Wildman–Crippen MR) is 66.7 cm³/mol. The molecule has 0 aliphatic rings. The van der Waals surface area contributed by atoms with E-state index in [1.165, 1.54) is 6.33 Å². The molecule has 1 aromatic heterocycles. The Hall–Kier alpha value is -0.840. The molecule has 3 N–H and O–H groups in total. The lowest BCUT2D eigenvalue weighted by molar-refractivity contribution is 0.493. The maximum absolute atomic E-state index is 5.67. The molecule has 1 heterocycles. The van der Waals surface area contributed by atoms with Crippen LogP contribution in [0.5, 0.6) is 0 Å². The highest BCUT2D eigenvalue weighted by Crippen LogP contribution is 2.25. The molecule has 1 rings (SSSR count). The fraction of sp³-hybridized carbons (Fsp3) is 0.600. The lowest BCUT2D eigenvalue weighted by Crippen LogP contribution is -2.24. The fourth-order valence-corrected chi connectivity index (χ4v) is 1.51. The molecule has 0 bridgehead atoms. The summed E-state index contributed by atoms with van der Waals surface area (Å²) >= 11 is 3.37. The van der Waals surface area contributed by atoms with Gasteiger partial charge in [0.2, 0.25) is 0 Å². The number of rotatable bonds is 4. The first-order valence-electron chi connectivity index (χ1n) is 5.08. The zero-order chi connectivity index (χ0) is 11.4. The highest BCUT2D eigenvalue weighted by atomic mass is 79.9. The third-order valence-corrected chi connectivity index (χ3v) is 3.46. The van der Waals surface area contributed by atoms with Crippen LogP contribution in [0.25, 0.3) is 0 Å². The summed E-state index contributed by atoms with van der Waals surface area (Å²) in [7, 11) is 0. The van der Waals surface area contributed by atoms with Gasteiger partial charge in [0, 0.05) is 6.04 Å². The molecule has 1 aromatic rings. The third-order valence-electron chi connectivity index (χ3n) is 2.68. The molecule has 0 aliphatic heterocycles. The lowest BCUT2D eigenvalue weighted by Gasteiger charge is -2.21. The summed E-state index contributed by atoms with van der Waals surface area (Å²) in [5.74, 6) is 1.81. The average Bonchev–Trinajstić information content (AvgIpc) is 2.23. The first kappa shape index (κ1) is 12.2. The molecule has 0 spiro atoms. The molecule has 0 saturated heterocycles. The number of nitrogens with two attached hydrogens (primary N) is 1. The molecule has 0 amide bonds. The Balaban J connectivity index is 2.76. The van der Waals surface area contributed by atoms with Crippen LogP contribution in [0, 0.1) is 5.92 Å². The van der Waals surface area contributed by atoms with E-state index in [1.807, 2.05) is 0 Å². The Kier molecular flexibility index (Phi) is 4.32. The van der Waals surface area contributed by atoms with Crippen LogP contribution < -0.4 is 11.1 Å². The molecule has 0 aliphatic carbocycles. The smallest absolute Gasteiger partial charge is 0.146 e. The van der Waals surface area contributed by atoms with Gasteiger partial charge in [-0.05, 0) is 28.8 Å². The highest BCUT2D eigenvalue weighted by Gasteiger charge is 2.13. The van der Waals surface area contributed by atoms with Crippen molar-refractivity contribution in [1.82, 2.24) is 9.97 Å². The Morgan fingerprint density at radius 1 is 1.47 bits per heavy atom. The van der Waals surface area contributed by atoms with E-state index in [1.54, 1.807) is 0 Å². The number of aromatic nitrogens is 2. The minimum Gasteiger partial charge on any atom is -0.383 e. The Morgan fingerprint density at radius 2 is 2.13 bits per heavy atom. The maximum atomic E-state index is 5.67. The lowest BCUT2D eigenvalue weighted by atomic mass is 10.0. The normalized spacial score (nSPS) is 14.7. The second-order valence-electron chi connectivity index (χ2n) is 3.74. The molecule has 0 radical (unpaired) electrons.